The summed E-state index contributed by atoms with van der Waals surface area (Å²) in [5.74, 6) is 1.01. The molecular formula is C25H23N3O3. The van der Waals surface area contributed by atoms with E-state index in [1.807, 2.05) is 50.2 Å². The summed E-state index contributed by atoms with van der Waals surface area (Å²) in [6.07, 6.45) is 0. The van der Waals surface area contributed by atoms with Crippen molar-refractivity contribution in [2.24, 2.45) is 0 Å². The Morgan fingerprint density at radius 2 is 1.65 bits per heavy atom. The fourth-order valence-electron chi connectivity index (χ4n) is 3.60. The number of benzene rings is 3. The van der Waals surface area contributed by atoms with E-state index in [-0.39, 0.29) is 18.1 Å². The van der Waals surface area contributed by atoms with Gasteiger partial charge in [-0.3, -0.25) is 14.2 Å². The van der Waals surface area contributed by atoms with Gasteiger partial charge in [0.05, 0.1) is 16.6 Å². The molecule has 6 nitrogen and oxygen atoms in total. The predicted octanol–water partition coefficient (Wildman–Crippen LogP) is 4.33. The number of anilines is 1. The molecule has 0 aliphatic rings. The molecule has 1 aromatic heterocycles. The fourth-order valence-corrected chi connectivity index (χ4v) is 3.60. The Labute approximate surface area is 180 Å². The van der Waals surface area contributed by atoms with E-state index in [1.54, 1.807) is 41.8 Å². The van der Waals surface area contributed by atoms with Crippen LogP contribution in [0.3, 0.4) is 0 Å². The number of aromatic nitrogens is 2. The number of aryl methyl sites for hydroxylation is 3. The minimum absolute atomic E-state index is 0.0855. The van der Waals surface area contributed by atoms with E-state index in [0.29, 0.717) is 33.9 Å². The molecule has 0 saturated carbocycles. The van der Waals surface area contributed by atoms with Gasteiger partial charge in [-0.05, 0) is 80.4 Å². The smallest absolute Gasteiger partial charge is 0.265 e. The molecule has 1 amide bonds. The van der Waals surface area contributed by atoms with Crippen LogP contribution in [0.25, 0.3) is 16.6 Å². The first-order valence-corrected chi connectivity index (χ1v) is 10.0. The molecule has 1 N–H and O–H groups in total. The first-order chi connectivity index (χ1) is 14.9. The number of ether oxygens (including phenoxy) is 1. The molecule has 0 spiro atoms. The first kappa shape index (κ1) is 20.3. The number of carbonyl (C=O) groups is 1. The zero-order valence-electron chi connectivity index (χ0n) is 17.7. The summed E-state index contributed by atoms with van der Waals surface area (Å²) in [6, 6.07) is 20.2. The third-order valence-corrected chi connectivity index (χ3v) is 4.92. The van der Waals surface area contributed by atoms with E-state index in [0.717, 1.165) is 11.1 Å². The van der Waals surface area contributed by atoms with Gasteiger partial charge in [-0.2, -0.15) is 0 Å². The molecule has 6 heteroatoms. The van der Waals surface area contributed by atoms with Crippen LogP contribution in [0.15, 0.2) is 71.5 Å². The van der Waals surface area contributed by atoms with Crippen LogP contribution in [-0.2, 0) is 4.79 Å². The lowest BCUT2D eigenvalue weighted by Gasteiger charge is -2.12. The minimum atomic E-state index is -0.257. The minimum Gasteiger partial charge on any atom is -0.484 e. The average Bonchev–Trinajstić information content (AvgIpc) is 2.73. The van der Waals surface area contributed by atoms with Gasteiger partial charge in [-0.15, -0.1) is 0 Å². The molecule has 0 fully saturated rings. The van der Waals surface area contributed by atoms with Crippen molar-refractivity contribution in [3.05, 3.63) is 94.0 Å². The maximum Gasteiger partial charge on any atom is 0.265 e. The number of amides is 1. The molecule has 4 rings (SSSR count). The predicted molar refractivity (Wildman–Crippen MR) is 122 cm³/mol. The monoisotopic (exact) mass is 413 g/mol. The molecule has 0 atom stereocenters. The summed E-state index contributed by atoms with van der Waals surface area (Å²) in [6.45, 7) is 5.69. The van der Waals surface area contributed by atoms with Crippen molar-refractivity contribution < 1.29 is 9.53 Å². The Bertz CT molecular complexity index is 1300. The third kappa shape index (κ3) is 4.48. The van der Waals surface area contributed by atoms with Crippen LogP contribution >= 0.6 is 0 Å². The number of hydrogen-bond donors (Lipinski definition) is 1. The second-order valence-corrected chi connectivity index (χ2v) is 7.52. The highest BCUT2D eigenvalue weighted by atomic mass is 16.5. The van der Waals surface area contributed by atoms with Crippen LogP contribution in [-0.4, -0.2) is 22.1 Å². The SMILES string of the molecule is Cc1cc(C)cc(OCC(=O)Nc2ccc(-n3c(C)nc4ccccc4c3=O)cc2)c1. The Morgan fingerprint density at radius 1 is 0.968 bits per heavy atom. The summed E-state index contributed by atoms with van der Waals surface area (Å²) in [7, 11) is 0. The second-order valence-electron chi connectivity index (χ2n) is 7.52. The number of nitrogens with one attached hydrogen (secondary N) is 1. The third-order valence-electron chi connectivity index (χ3n) is 4.92. The molecule has 3 aromatic carbocycles. The number of carbonyl (C=O) groups excluding carboxylic acids is 1. The van der Waals surface area contributed by atoms with Crippen LogP contribution in [0.1, 0.15) is 17.0 Å². The standard InChI is InChI=1S/C25H23N3O3/c1-16-12-17(2)14-21(13-16)31-15-24(29)27-19-8-10-20(11-9-19)28-18(3)26-23-7-5-4-6-22(23)25(28)30/h4-14H,15H2,1-3H3,(H,27,29). The van der Waals surface area contributed by atoms with Crippen LogP contribution in [0.5, 0.6) is 5.75 Å². The van der Waals surface area contributed by atoms with Gasteiger partial charge in [0.15, 0.2) is 6.61 Å². The largest absolute Gasteiger partial charge is 0.484 e. The number of rotatable bonds is 5. The molecule has 0 saturated heterocycles. The van der Waals surface area contributed by atoms with Crippen molar-refractivity contribution in [3.8, 4) is 11.4 Å². The van der Waals surface area contributed by atoms with E-state index in [9.17, 15) is 9.59 Å². The first-order valence-electron chi connectivity index (χ1n) is 10.0. The number of para-hydroxylation sites is 1. The maximum absolute atomic E-state index is 12.9. The number of nitrogens with zero attached hydrogens (tertiary/aromatic N) is 2. The number of hydrogen-bond acceptors (Lipinski definition) is 4. The van der Waals surface area contributed by atoms with Crippen molar-refractivity contribution >= 4 is 22.5 Å². The molecular weight excluding hydrogens is 390 g/mol. The Hall–Kier alpha value is -3.93. The van der Waals surface area contributed by atoms with E-state index in [1.165, 1.54) is 0 Å². The van der Waals surface area contributed by atoms with Gasteiger partial charge in [0, 0.05) is 5.69 Å². The zero-order valence-corrected chi connectivity index (χ0v) is 17.7. The highest BCUT2D eigenvalue weighted by Crippen LogP contribution is 2.17. The molecule has 0 unspecified atom stereocenters. The van der Waals surface area contributed by atoms with E-state index >= 15 is 0 Å². The summed E-state index contributed by atoms with van der Waals surface area (Å²) in [5.41, 5.74) is 4.03. The Balaban J connectivity index is 1.48. The van der Waals surface area contributed by atoms with Crippen molar-refractivity contribution in [3.63, 3.8) is 0 Å². The molecule has 31 heavy (non-hydrogen) atoms. The topological polar surface area (TPSA) is 73.2 Å². The Morgan fingerprint density at radius 3 is 2.35 bits per heavy atom. The van der Waals surface area contributed by atoms with Crippen molar-refractivity contribution in [1.29, 1.82) is 0 Å². The van der Waals surface area contributed by atoms with Crippen LogP contribution in [0, 0.1) is 20.8 Å². The summed E-state index contributed by atoms with van der Waals surface area (Å²) >= 11 is 0. The van der Waals surface area contributed by atoms with Crippen molar-refractivity contribution in [2.75, 3.05) is 11.9 Å². The van der Waals surface area contributed by atoms with Gasteiger partial charge in [0.1, 0.15) is 11.6 Å². The van der Waals surface area contributed by atoms with Crippen LogP contribution < -0.4 is 15.6 Å². The summed E-state index contributed by atoms with van der Waals surface area (Å²) in [5, 5.41) is 3.38. The summed E-state index contributed by atoms with van der Waals surface area (Å²) < 4.78 is 7.17. The van der Waals surface area contributed by atoms with Gasteiger partial charge in [0.25, 0.3) is 11.5 Å². The molecule has 4 aromatic rings. The second kappa shape index (κ2) is 8.44. The Kier molecular flexibility index (Phi) is 5.54. The van der Waals surface area contributed by atoms with Crippen molar-refractivity contribution in [1.82, 2.24) is 9.55 Å². The molecule has 1 heterocycles. The lowest BCUT2D eigenvalue weighted by atomic mass is 10.1. The fraction of sp³-hybridized carbons (Fsp3) is 0.160. The normalized spacial score (nSPS) is 10.8. The molecule has 0 bridgehead atoms. The highest BCUT2D eigenvalue weighted by Gasteiger charge is 2.10. The zero-order chi connectivity index (χ0) is 22.0. The van der Waals surface area contributed by atoms with Crippen LogP contribution in [0.4, 0.5) is 5.69 Å². The van der Waals surface area contributed by atoms with Gasteiger partial charge in [0.2, 0.25) is 0 Å². The van der Waals surface area contributed by atoms with E-state index < -0.39 is 0 Å². The van der Waals surface area contributed by atoms with Gasteiger partial charge < -0.3 is 10.1 Å². The van der Waals surface area contributed by atoms with Gasteiger partial charge in [-0.25, -0.2) is 4.98 Å². The van der Waals surface area contributed by atoms with Gasteiger partial charge in [-0.1, -0.05) is 18.2 Å². The van der Waals surface area contributed by atoms with Crippen molar-refractivity contribution in [2.45, 2.75) is 20.8 Å². The lowest BCUT2D eigenvalue weighted by molar-refractivity contribution is -0.118. The molecule has 0 aliphatic heterocycles. The molecule has 0 radical (unpaired) electrons. The number of fused-ring (bicyclic) bond motifs is 1. The van der Waals surface area contributed by atoms with Crippen LogP contribution in [0.2, 0.25) is 0 Å². The molecule has 0 aliphatic carbocycles. The maximum atomic E-state index is 12.9. The van der Waals surface area contributed by atoms with Gasteiger partial charge >= 0.3 is 0 Å². The molecule has 156 valence electrons. The highest BCUT2D eigenvalue weighted by molar-refractivity contribution is 5.92. The quantitative estimate of drug-likeness (QED) is 0.529. The van der Waals surface area contributed by atoms with E-state index in [2.05, 4.69) is 10.3 Å². The lowest BCUT2D eigenvalue weighted by Crippen LogP contribution is -2.22. The average molecular weight is 413 g/mol. The summed E-state index contributed by atoms with van der Waals surface area (Å²) in [4.78, 5) is 29.7. The van der Waals surface area contributed by atoms with E-state index in [4.69, 9.17) is 4.74 Å².